The van der Waals surface area contributed by atoms with Crippen molar-refractivity contribution in [3.8, 4) is 0 Å². The Labute approximate surface area is 194 Å². The summed E-state index contributed by atoms with van der Waals surface area (Å²) in [6.07, 6.45) is 13.8. The van der Waals surface area contributed by atoms with Gasteiger partial charge in [0.2, 0.25) is 0 Å². The fraction of sp³-hybridized carbons (Fsp3) is 0.704. The molecule has 2 unspecified atom stereocenters. The largest absolute Gasteiger partial charge is 0.481 e. The van der Waals surface area contributed by atoms with E-state index in [9.17, 15) is 9.59 Å². The first-order chi connectivity index (χ1) is 15.5. The van der Waals surface area contributed by atoms with Crippen molar-refractivity contribution in [3.63, 3.8) is 0 Å². The fourth-order valence-electron chi connectivity index (χ4n) is 3.95. The van der Waals surface area contributed by atoms with Crippen LogP contribution in [0.1, 0.15) is 109 Å². The van der Waals surface area contributed by atoms with E-state index in [0.29, 0.717) is 12.7 Å². The summed E-state index contributed by atoms with van der Waals surface area (Å²) < 4.78 is 11.7. The highest BCUT2D eigenvalue weighted by Crippen LogP contribution is 2.19. The number of rotatable bonds is 20. The first-order valence-electron chi connectivity index (χ1n) is 12.6. The number of hydrogen-bond donors (Lipinski definition) is 1. The van der Waals surface area contributed by atoms with Gasteiger partial charge in [0, 0.05) is 13.3 Å². The van der Waals surface area contributed by atoms with Gasteiger partial charge in [0.15, 0.2) is 0 Å². The highest BCUT2D eigenvalue weighted by molar-refractivity contribution is 5.66. The Balaban J connectivity index is 2.25. The van der Waals surface area contributed by atoms with E-state index < -0.39 is 5.97 Å². The minimum atomic E-state index is -0.731. The Hall–Kier alpha value is -1.88. The van der Waals surface area contributed by atoms with E-state index in [2.05, 4.69) is 31.2 Å². The number of esters is 1. The van der Waals surface area contributed by atoms with Crippen molar-refractivity contribution in [2.75, 3.05) is 0 Å². The van der Waals surface area contributed by atoms with Gasteiger partial charge in [-0.1, -0.05) is 75.8 Å². The number of unbranched alkanes of at least 4 members (excludes halogenated alkanes) is 6. The van der Waals surface area contributed by atoms with E-state index in [-0.39, 0.29) is 18.5 Å². The van der Waals surface area contributed by atoms with Crippen molar-refractivity contribution in [2.24, 2.45) is 0 Å². The van der Waals surface area contributed by atoms with Crippen molar-refractivity contribution < 1.29 is 24.2 Å². The molecule has 2 atom stereocenters. The van der Waals surface area contributed by atoms with Crippen molar-refractivity contribution in [3.05, 3.63) is 35.9 Å². The van der Waals surface area contributed by atoms with Crippen molar-refractivity contribution in [1.82, 2.24) is 0 Å². The minimum Gasteiger partial charge on any atom is -0.481 e. The molecule has 0 aliphatic rings. The Morgan fingerprint density at radius 1 is 0.812 bits per heavy atom. The highest BCUT2D eigenvalue weighted by Gasteiger charge is 2.13. The summed E-state index contributed by atoms with van der Waals surface area (Å²) in [7, 11) is 0. The molecular weight excluding hydrogens is 404 g/mol. The molecule has 0 radical (unpaired) electrons. The molecule has 0 saturated heterocycles. The van der Waals surface area contributed by atoms with Crippen LogP contribution in [0, 0.1) is 0 Å². The topological polar surface area (TPSA) is 72.8 Å². The predicted molar refractivity (Wildman–Crippen MR) is 129 cm³/mol. The van der Waals surface area contributed by atoms with E-state index in [1.54, 1.807) is 0 Å². The van der Waals surface area contributed by atoms with Crippen LogP contribution in [0.15, 0.2) is 30.3 Å². The third kappa shape index (κ3) is 15.9. The Bertz CT molecular complexity index is 601. The molecule has 1 N–H and O–H groups in total. The normalized spacial score (nSPS) is 12.9. The first-order valence-corrected chi connectivity index (χ1v) is 12.6. The van der Waals surface area contributed by atoms with Crippen LogP contribution in [-0.2, 0) is 25.7 Å². The third-order valence-electron chi connectivity index (χ3n) is 5.76. The van der Waals surface area contributed by atoms with Gasteiger partial charge < -0.3 is 14.6 Å². The molecule has 5 nitrogen and oxygen atoms in total. The zero-order valence-electron chi connectivity index (χ0n) is 20.2. The summed E-state index contributed by atoms with van der Waals surface area (Å²) in [6.45, 7) is 4.37. The Morgan fingerprint density at radius 2 is 1.38 bits per heavy atom. The maximum Gasteiger partial charge on any atom is 0.303 e. The van der Waals surface area contributed by atoms with Gasteiger partial charge in [-0.3, -0.25) is 9.59 Å². The molecule has 0 heterocycles. The summed E-state index contributed by atoms with van der Waals surface area (Å²) in [5.41, 5.74) is 1.22. The van der Waals surface area contributed by atoms with Gasteiger partial charge in [0.25, 0.3) is 0 Å². The summed E-state index contributed by atoms with van der Waals surface area (Å²) in [6, 6.07) is 10.3. The highest BCUT2D eigenvalue weighted by atomic mass is 16.5. The van der Waals surface area contributed by atoms with Crippen LogP contribution in [0.3, 0.4) is 0 Å². The average molecular weight is 449 g/mol. The molecule has 0 fully saturated rings. The van der Waals surface area contributed by atoms with Crippen LogP contribution < -0.4 is 0 Å². The number of carbonyl (C=O) groups excluding carboxylic acids is 1. The zero-order chi connectivity index (χ0) is 23.4. The van der Waals surface area contributed by atoms with Crippen LogP contribution >= 0.6 is 0 Å². The molecule has 0 spiro atoms. The van der Waals surface area contributed by atoms with Gasteiger partial charge in [-0.05, 0) is 50.5 Å². The second kappa shape index (κ2) is 18.7. The first kappa shape index (κ1) is 28.2. The number of aliphatic carboxylic acids is 1. The molecule has 1 aromatic carbocycles. The molecule has 0 bridgehead atoms. The van der Waals surface area contributed by atoms with E-state index in [0.717, 1.165) is 70.6 Å². The molecule has 0 aliphatic heterocycles. The lowest BCUT2D eigenvalue weighted by molar-refractivity contribution is -0.147. The molecule has 1 rings (SSSR count). The van der Waals surface area contributed by atoms with Crippen molar-refractivity contribution >= 4 is 11.9 Å². The third-order valence-corrected chi connectivity index (χ3v) is 5.76. The molecule has 1 aromatic rings. The van der Waals surface area contributed by atoms with Gasteiger partial charge in [0.1, 0.15) is 6.10 Å². The van der Waals surface area contributed by atoms with E-state index in [1.165, 1.54) is 25.3 Å². The summed E-state index contributed by atoms with van der Waals surface area (Å²) >= 11 is 0. The van der Waals surface area contributed by atoms with Gasteiger partial charge in [-0.15, -0.1) is 0 Å². The molecule has 0 saturated carbocycles. The molecule has 0 aliphatic carbocycles. The monoisotopic (exact) mass is 448 g/mol. The smallest absolute Gasteiger partial charge is 0.303 e. The molecule has 32 heavy (non-hydrogen) atoms. The van der Waals surface area contributed by atoms with E-state index in [4.69, 9.17) is 14.6 Å². The SMILES string of the molecule is CCCCC(CCCCCC(CCCCCCC(=O)O)OC(C)=O)OCc1ccccc1. The lowest BCUT2D eigenvalue weighted by Gasteiger charge is -2.19. The maximum absolute atomic E-state index is 11.4. The van der Waals surface area contributed by atoms with Gasteiger partial charge in [-0.25, -0.2) is 0 Å². The van der Waals surface area contributed by atoms with Crippen molar-refractivity contribution in [1.29, 1.82) is 0 Å². The lowest BCUT2D eigenvalue weighted by Crippen LogP contribution is -2.16. The van der Waals surface area contributed by atoms with Crippen LogP contribution in [-0.4, -0.2) is 29.3 Å². The fourth-order valence-corrected chi connectivity index (χ4v) is 3.95. The average Bonchev–Trinajstić information content (AvgIpc) is 2.77. The molecule has 0 aromatic heterocycles. The molecular formula is C27H44O5. The van der Waals surface area contributed by atoms with Crippen LogP contribution in [0.2, 0.25) is 0 Å². The molecule has 182 valence electrons. The predicted octanol–water partition coefficient (Wildman–Crippen LogP) is 7.07. The van der Waals surface area contributed by atoms with Gasteiger partial charge in [0.05, 0.1) is 12.7 Å². The number of benzene rings is 1. The summed E-state index contributed by atoms with van der Waals surface area (Å²) in [5, 5.41) is 8.69. The minimum absolute atomic E-state index is 0.0165. The zero-order valence-corrected chi connectivity index (χ0v) is 20.2. The van der Waals surface area contributed by atoms with Crippen LogP contribution in [0.5, 0.6) is 0 Å². The number of carboxylic acids is 1. The van der Waals surface area contributed by atoms with Crippen molar-refractivity contribution in [2.45, 2.75) is 123 Å². The second-order valence-electron chi connectivity index (χ2n) is 8.78. The Morgan fingerprint density at radius 3 is 1.97 bits per heavy atom. The maximum atomic E-state index is 11.4. The van der Waals surface area contributed by atoms with Gasteiger partial charge >= 0.3 is 11.9 Å². The molecule has 0 amide bonds. The van der Waals surface area contributed by atoms with E-state index >= 15 is 0 Å². The number of carbonyl (C=O) groups is 2. The molecule has 5 heteroatoms. The number of ether oxygens (including phenoxy) is 2. The standard InChI is InChI=1S/C27H44O5/c1-3-4-17-25(31-22-24-15-9-7-10-16-24)18-12-8-13-20-26(32-23(2)28)19-11-5-6-14-21-27(29)30/h7,9-10,15-16,25-26H,3-6,8,11-14,17-22H2,1-2H3,(H,29,30). The summed E-state index contributed by atoms with van der Waals surface area (Å²) in [5.74, 6) is -0.944. The number of hydrogen-bond acceptors (Lipinski definition) is 4. The lowest BCUT2D eigenvalue weighted by atomic mass is 10.0. The Kier molecular flexibility index (Phi) is 16.4. The van der Waals surface area contributed by atoms with Crippen LogP contribution in [0.25, 0.3) is 0 Å². The van der Waals surface area contributed by atoms with Crippen LogP contribution in [0.4, 0.5) is 0 Å². The van der Waals surface area contributed by atoms with Gasteiger partial charge in [-0.2, -0.15) is 0 Å². The van der Waals surface area contributed by atoms with E-state index in [1.807, 2.05) is 6.07 Å². The number of carboxylic acid groups (broad SMARTS) is 1. The summed E-state index contributed by atoms with van der Waals surface area (Å²) in [4.78, 5) is 22.0. The quantitative estimate of drug-likeness (QED) is 0.171. The second-order valence-corrected chi connectivity index (χ2v) is 8.78.